The first-order valence-corrected chi connectivity index (χ1v) is 4.50. The van der Waals surface area contributed by atoms with E-state index >= 15 is 0 Å². The summed E-state index contributed by atoms with van der Waals surface area (Å²) in [6.07, 6.45) is 1.09. The molecule has 0 N–H and O–H groups in total. The molecule has 0 bridgehead atoms. The first-order chi connectivity index (χ1) is 7.31. The summed E-state index contributed by atoms with van der Waals surface area (Å²) in [5.74, 6) is 0. The molecule has 0 aliphatic carbocycles. The van der Waals surface area contributed by atoms with Crippen molar-refractivity contribution < 1.29 is 9.53 Å². The summed E-state index contributed by atoms with van der Waals surface area (Å²) in [4.78, 5) is 11.1. The lowest BCUT2D eigenvalue weighted by atomic mass is 10.2. The van der Waals surface area contributed by atoms with Crippen molar-refractivity contribution >= 4 is 6.09 Å². The van der Waals surface area contributed by atoms with Gasteiger partial charge in [0.25, 0.3) is 0 Å². The number of hydrogen-bond donors (Lipinski definition) is 0. The summed E-state index contributed by atoms with van der Waals surface area (Å²) in [6.45, 7) is 0. The van der Waals surface area contributed by atoms with E-state index in [2.05, 4.69) is 9.84 Å². The van der Waals surface area contributed by atoms with Crippen molar-refractivity contribution in [2.24, 2.45) is 0 Å². The lowest BCUT2D eigenvalue weighted by Gasteiger charge is -1.97. The molecule has 2 rings (SSSR count). The topological polar surface area (TPSA) is 44.1 Å². The summed E-state index contributed by atoms with van der Waals surface area (Å²) in [5.41, 5.74) is 1.72. The van der Waals surface area contributed by atoms with Crippen LogP contribution in [0.3, 0.4) is 0 Å². The number of rotatable bonds is 1. The van der Waals surface area contributed by atoms with Crippen molar-refractivity contribution in [3.63, 3.8) is 0 Å². The lowest BCUT2D eigenvalue weighted by molar-refractivity contribution is 0.169. The number of hydrogen-bond acceptors (Lipinski definition) is 3. The van der Waals surface area contributed by atoms with Gasteiger partial charge < -0.3 is 4.74 Å². The zero-order chi connectivity index (χ0) is 10.7. The molecular weight excluding hydrogens is 192 g/mol. The van der Waals surface area contributed by atoms with Gasteiger partial charge in [-0.15, -0.1) is 0 Å². The number of aromatic nitrogens is 2. The Balaban J connectivity index is 2.32. The van der Waals surface area contributed by atoms with Gasteiger partial charge in [-0.3, -0.25) is 0 Å². The second kappa shape index (κ2) is 3.96. The molecule has 0 saturated carbocycles. The number of carbonyl (C=O) groups is 1. The van der Waals surface area contributed by atoms with Crippen molar-refractivity contribution in [2.45, 2.75) is 0 Å². The van der Waals surface area contributed by atoms with Gasteiger partial charge >= 0.3 is 6.09 Å². The Morgan fingerprint density at radius 2 is 2.00 bits per heavy atom. The van der Waals surface area contributed by atoms with E-state index in [1.54, 1.807) is 12.3 Å². The fourth-order valence-electron chi connectivity index (χ4n) is 1.28. The van der Waals surface area contributed by atoms with E-state index < -0.39 is 6.09 Å². The summed E-state index contributed by atoms with van der Waals surface area (Å²) in [5, 5.41) is 4.09. The van der Waals surface area contributed by atoms with E-state index in [0.717, 1.165) is 11.3 Å². The van der Waals surface area contributed by atoms with E-state index in [0.29, 0.717) is 0 Å². The van der Waals surface area contributed by atoms with E-state index in [4.69, 9.17) is 0 Å². The minimum absolute atomic E-state index is 0.489. The molecule has 4 nitrogen and oxygen atoms in total. The van der Waals surface area contributed by atoms with E-state index in [9.17, 15) is 4.79 Å². The van der Waals surface area contributed by atoms with Crippen LogP contribution < -0.4 is 0 Å². The Kier molecular flexibility index (Phi) is 2.49. The molecule has 0 unspecified atom stereocenters. The number of methoxy groups -OCH3 is 1. The molecule has 0 atom stereocenters. The molecule has 2 aromatic rings. The normalized spacial score (nSPS) is 9.93. The maximum Gasteiger partial charge on any atom is 0.434 e. The summed E-state index contributed by atoms with van der Waals surface area (Å²) in [6, 6.07) is 11.4. The zero-order valence-corrected chi connectivity index (χ0v) is 8.25. The largest absolute Gasteiger partial charge is 0.451 e. The standard InChI is InChI=1S/C11H10N2O2/c1-15-11(14)13-8-7-10(12-13)9-5-3-2-4-6-9/h2-8H,1H3. The van der Waals surface area contributed by atoms with Crippen LogP contribution in [0.2, 0.25) is 0 Å². The van der Waals surface area contributed by atoms with Crippen LogP contribution in [0.15, 0.2) is 42.6 Å². The molecule has 0 fully saturated rings. The zero-order valence-electron chi connectivity index (χ0n) is 8.25. The van der Waals surface area contributed by atoms with Gasteiger partial charge in [-0.25, -0.2) is 4.79 Å². The van der Waals surface area contributed by atoms with E-state index in [-0.39, 0.29) is 0 Å². The molecule has 0 amide bonds. The molecule has 0 spiro atoms. The Morgan fingerprint density at radius 1 is 1.27 bits per heavy atom. The van der Waals surface area contributed by atoms with Gasteiger partial charge in [0.1, 0.15) is 0 Å². The van der Waals surface area contributed by atoms with Crippen LogP contribution in [0.1, 0.15) is 0 Å². The minimum atomic E-state index is -0.489. The van der Waals surface area contributed by atoms with Gasteiger partial charge in [0.15, 0.2) is 0 Å². The fraction of sp³-hybridized carbons (Fsp3) is 0.0909. The number of benzene rings is 1. The molecule has 0 radical (unpaired) electrons. The Morgan fingerprint density at radius 3 is 2.67 bits per heavy atom. The number of nitrogens with zero attached hydrogens (tertiary/aromatic N) is 2. The maximum atomic E-state index is 11.1. The van der Waals surface area contributed by atoms with E-state index in [1.165, 1.54) is 11.8 Å². The minimum Gasteiger partial charge on any atom is -0.451 e. The Labute approximate surface area is 87.1 Å². The molecule has 15 heavy (non-hydrogen) atoms. The highest BCUT2D eigenvalue weighted by molar-refractivity contribution is 5.70. The third-order valence-corrected chi connectivity index (χ3v) is 2.02. The number of carbonyl (C=O) groups excluding carboxylic acids is 1. The van der Waals surface area contributed by atoms with Gasteiger partial charge in [-0.05, 0) is 6.07 Å². The summed E-state index contributed by atoms with van der Waals surface area (Å²) in [7, 11) is 1.33. The van der Waals surface area contributed by atoms with Gasteiger partial charge in [-0.2, -0.15) is 9.78 Å². The van der Waals surface area contributed by atoms with Crippen LogP contribution >= 0.6 is 0 Å². The second-order valence-corrected chi connectivity index (χ2v) is 2.98. The molecule has 1 aromatic carbocycles. The quantitative estimate of drug-likeness (QED) is 0.711. The highest BCUT2D eigenvalue weighted by Crippen LogP contribution is 2.15. The first-order valence-electron chi connectivity index (χ1n) is 4.50. The van der Waals surface area contributed by atoms with Crippen molar-refractivity contribution in [3.05, 3.63) is 42.6 Å². The highest BCUT2D eigenvalue weighted by Gasteiger charge is 2.07. The second-order valence-electron chi connectivity index (χ2n) is 2.98. The average molecular weight is 202 g/mol. The third kappa shape index (κ3) is 1.88. The van der Waals surface area contributed by atoms with Crippen LogP contribution in [0.25, 0.3) is 11.3 Å². The van der Waals surface area contributed by atoms with Gasteiger partial charge in [-0.1, -0.05) is 30.3 Å². The van der Waals surface area contributed by atoms with Crippen molar-refractivity contribution in [3.8, 4) is 11.3 Å². The van der Waals surface area contributed by atoms with Gasteiger partial charge in [0.2, 0.25) is 0 Å². The van der Waals surface area contributed by atoms with Crippen LogP contribution in [-0.2, 0) is 4.74 Å². The van der Waals surface area contributed by atoms with Crippen LogP contribution in [0, 0.1) is 0 Å². The van der Waals surface area contributed by atoms with Crippen LogP contribution in [0.5, 0.6) is 0 Å². The predicted octanol–water partition coefficient (Wildman–Crippen LogP) is 2.16. The molecule has 1 aromatic heterocycles. The van der Waals surface area contributed by atoms with Gasteiger partial charge in [0, 0.05) is 11.8 Å². The van der Waals surface area contributed by atoms with Gasteiger partial charge in [0.05, 0.1) is 12.8 Å². The molecule has 1 heterocycles. The smallest absolute Gasteiger partial charge is 0.434 e. The highest BCUT2D eigenvalue weighted by atomic mass is 16.5. The van der Waals surface area contributed by atoms with Crippen molar-refractivity contribution in [2.75, 3.05) is 7.11 Å². The maximum absolute atomic E-state index is 11.1. The molecule has 0 aliphatic rings. The predicted molar refractivity (Wildman–Crippen MR) is 55.5 cm³/mol. The Hall–Kier alpha value is -2.10. The van der Waals surface area contributed by atoms with Crippen molar-refractivity contribution in [1.82, 2.24) is 9.78 Å². The number of ether oxygens (including phenoxy) is 1. The SMILES string of the molecule is COC(=O)n1ccc(-c2ccccc2)n1. The molecule has 0 aliphatic heterocycles. The fourth-order valence-corrected chi connectivity index (χ4v) is 1.28. The first kappa shape index (κ1) is 9.45. The summed E-state index contributed by atoms with van der Waals surface area (Å²) < 4.78 is 5.72. The molecule has 0 saturated heterocycles. The third-order valence-electron chi connectivity index (χ3n) is 2.02. The van der Waals surface area contributed by atoms with Crippen molar-refractivity contribution in [1.29, 1.82) is 0 Å². The van der Waals surface area contributed by atoms with Crippen LogP contribution in [-0.4, -0.2) is 23.0 Å². The average Bonchev–Trinajstić information content (AvgIpc) is 2.78. The monoisotopic (exact) mass is 202 g/mol. The molecule has 76 valence electrons. The summed E-state index contributed by atoms with van der Waals surface area (Å²) >= 11 is 0. The van der Waals surface area contributed by atoms with E-state index in [1.807, 2.05) is 30.3 Å². The van der Waals surface area contributed by atoms with Crippen LogP contribution in [0.4, 0.5) is 4.79 Å². The Bertz CT molecular complexity index is 462. The molecule has 4 heteroatoms. The lowest BCUT2D eigenvalue weighted by Crippen LogP contribution is -2.11. The molecular formula is C11H10N2O2.